The average Bonchev–Trinajstić information content (AvgIpc) is 3.08. The zero-order valence-corrected chi connectivity index (χ0v) is 15.4. The van der Waals surface area contributed by atoms with E-state index in [0.29, 0.717) is 17.8 Å². The van der Waals surface area contributed by atoms with Gasteiger partial charge >= 0.3 is 0 Å². The molecule has 1 heterocycles. The topological polar surface area (TPSA) is 37.4 Å². The van der Waals surface area contributed by atoms with E-state index in [1.54, 1.807) is 0 Å². The molecule has 1 aliphatic carbocycles. The van der Waals surface area contributed by atoms with Crippen LogP contribution in [-0.2, 0) is 4.79 Å². The number of nitrogens with zero attached hydrogens (tertiary/aromatic N) is 1. The minimum atomic E-state index is 0.0580. The van der Waals surface area contributed by atoms with Gasteiger partial charge in [-0.25, -0.2) is 0 Å². The molecule has 0 bridgehead atoms. The van der Waals surface area contributed by atoms with Gasteiger partial charge < -0.3 is 4.90 Å². The van der Waals surface area contributed by atoms with Crippen LogP contribution < -0.4 is 0 Å². The van der Waals surface area contributed by atoms with Gasteiger partial charge in [0.25, 0.3) is 5.91 Å². The Labute approximate surface area is 146 Å². The lowest BCUT2D eigenvalue weighted by atomic mass is 9.94. The second-order valence-corrected chi connectivity index (χ2v) is 7.90. The van der Waals surface area contributed by atoms with Crippen LogP contribution in [0.3, 0.4) is 0 Å². The molecule has 21 heavy (non-hydrogen) atoms. The van der Waals surface area contributed by atoms with Gasteiger partial charge in [-0.2, -0.15) is 0 Å². The van der Waals surface area contributed by atoms with Crippen molar-refractivity contribution >= 4 is 50.2 Å². The van der Waals surface area contributed by atoms with E-state index in [4.69, 9.17) is 0 Å². The molecule has 1 aromatic rings. The molecular formula is C16H17BrINO2. The third-order valence-corrected chi connectivity index (χ3v) is 5.90. The van der Waals surface area contributed by atoms with Crippen molar-refractivity contribution in [2.24, 2.45) is 5.92 Å². The molecule has 1 aliphatic heterocycles. The molecule has 1 amide bonds. The molecule has 2 unspecified atom stereocenters. The van der Waals surface area contributed by atoms with Gasteiger partial charge in [-0.1, -0.05) is 0 Å². The number of carbonyl (C=O) groups is 2. The summed E-state index contributed by atoms with van der Waals surface area (Å²) in [6.07, 6.45) is 4.58. The molecule has 0 spiro atoms. The van der Waals surface area contributed by atoms with E-state index in [1.807, 2.05) is 23.1 Å². The summed E-state index contributed by atoms with van der Waals surface area (Å²) in [5.41, 5.74) is 0.708. The van der Waals surface area contributed by atoms with Crippen molar-refractivity contribution in [3.05, 3.63) is 31.8 Å². The zero-order valence-electron chi connectivity index (χ0n) is 11.6. The number of carbonyl (C=O) groups excluding carboxylic acids is 2. The molecular weight excluding hydrogens is 445 g/mol. The van der Waals surface area contributed by atoms with Gasteiger partial charge in [0.05, 0.1) is 5.56 Å². The van der Waals surface area contributed by atoms with Gasteiger partial charge in [-0.3, -0.25) is 9.59 Å². The number of likely N-dealkylation sites (tertiary alicyclic amines) is 1. The molecule has 5 heteroatoms. The molecule has 0 radical (unpaired) electrons. The molecule has 0 aromatic heterocycles. The van der Waals surface area contributed by atoms with Gasteiger partial charge in [-0.05, 0) is 82.4 Å². The monoisotopic (exact) mass is 461 g/mol. The Kier molecular flexibility index (Phi) is 4.69. The SMILES string of the molecule is O=C1CCCC1C1CCCN1C(=O)c1cc(I)ccc1Br. The molecule has 2 fully saturated rings. The van der Waals surface area contributed by atoms with Gasteiger partial charge in [0.15, 0.2) is 0 Å². The fourth-order valence-corrected chi connectivity index (χ4v) is 4.44. The van der Waals surface area contributed by atoms with E-state index in [9.17, 15) is 9.59 Å². The average molecular weight is 462 g/mol. The molecule has 1 saturated heterocycles. The van der Waals surface area contributed by atoms with Crippen LogP contribution in [0.15, 0.2) is 22.7 Å². The summed E-state index contributed by atoms with van der Waals surface area (Å²) in [5.74, 6) is 0.474. The van der Waals surface area contributed by atoms with Gasteiger partial charge in [-0.15, -0.1) is 0 Å². The Morgan fingerprint density at radius 1 is 1.29 bits per heavy atom. The Morgan fingerprint density at radius 3 is 2.81 bits per heavy atom. The van der Waals surface area contributed by atoms with Crippen molar-refractivity contribution in [2.45, 2.75) is 38.1 Å². The highest BCUT2D eigenvalue weighted by Crippen LogP contribution is 2.35. The lowest BCUT2D eigenvalue weighted by Crippen LogP contribution is -2.41. The Bertz CT molecular complexity index is 590. The van der Waals surface area contributed by atoms with Crippen molar-refractivity contribution < 1.29 is 9.59 Å². The zero-order chi connectivity index (χ0) is 15.0. The molecule has 2 atom stereocenters. The quantitative estimate of drug-likeness (QED) is 0.623. The van der Waals surface area contributed by atoms with Crippen molar-refractivity contribution in [2.75, 3.05) is 6.54 Å². The van der Waals surface area contributed by atoms with E-state index >= 15 is 0 Å². The maximum atomic E-state index is 12.9. The first-order valence-electron chi connectivity index (χ1n) is 7.36. The Balaban J connectivity index is 1.86. The summed E-state index contributed by atoms with van der Waals surface area (Å²) in [7, 11) is 0. The summed E-state index contributed by atoms with van der Waals surface area (Å²) in [6, 6.07) is 5.92. The standard InChI is InChI=1S/C16H17BrINO2/c17-13-7-6-10(18)9-12(13)16(21)19-8-2-4-14(19)11-3-1-5-15(11)20/h6-7,9,11,14H,1-5,8H2. The predicted octanol–water partition coefficient (Wildman–Crippen LogP) is 4.03. The largest absolute Gasteiger partial charge is 0.335 e. The van der Waals surface area contributed by atoms with Crippen molar-refractivity contribution in [3.8, 4) is 0 Å². The number of Topliss-reactive ketones (excluding diaryl/α,β-unsaturated/α-hetero) is 1. The Morgan fingerprint density at radius 2 is 2.10 bits per heavy atom. The van der Waals surface area contributed by atoms with Crippen molar-refractivity contribution in [3.63, 3.8) is 0 Å². The summed E-state index contributed by atoms with van der Waals surface area (Å²) >= 11 is 5.70. The second-order valence-electron chi connectivity index (χ2n) is 5.80. The number of benzene rings is 1. The minimum Gasteiger partial charge on any atom is -0.335 e. The number of hydrogen-bond donors (Lipinski definition) is 0. The van der Waals surface area contributed by atoms with Gasteiger partial charge in [0, 0.05) is 33.0 Å². The van der Waals surface area contributed by atoms with Gasteiger partial charge in [0.1, 0.15) is 5.78 Å². The molecule has 2 aliphatic rings. The summed E-state index contributed by atoms with van der Waals surface area (Å²) < 4.78 is 1.88. The number of halogens is 2. The van der Waals surface area contributed by atoms with Crippen molar-refractivity contribution in [1.29, 1.82) is 0 Å². The van der Waals surface area contributed by atoms with Crippen LogP contribution in [0.5, 0.6) is 0 Å². The highest BCUT2D eigenvalue weighted by Gasteiger charge is 2.40. The minimum absolute atomic E-state index is 0.0580. The fraction of sp³-hybridized carbons (Fsp3) is 0.500. The number of amides is 1. The first kappa shape index (κ1) is 15.5. The summed E-state index contributed by atoms with van der Waals surface area (Å²) in [6.45, 7) is 0.769. The molecule has 112 valence electrons. The van der Waals surface area contributed by atoms with E-state index in [-0.39, 0.29) is 17.9 Å². The number of ketones is 1. The lowest BCUT2D eigenvalue weighted by Gasteiger charge is -2.29. The first-order valence-corrected chi connectivity index (χ1v) is 9.24. The summed E-state index contributed by atoms with van der Waals surface area (Å²) in [4.78, 5) is 26.8. The highest BCUT2D eigenvalue weighted by atomic mass is 127. The first-order chi connectivity index (χ1) is 10.1. The van der Waals surface area contributed by atoms with E-state index < -0.39 is 0 Å². The Hall–Kier alpha value is -0.430. The number of hydrogen-bond acceptors (Lipinski definition) is 2. The highest BCUT2D eigenvalue weighted by molar-refractivity contribution is 14.1. The van der Waals surface area contributed by atoms with Crippen LogP contribution in [0.1, 0.15) is 42.5 Å². The van der Waals surface area contributed by atoms with Gasteiger partial charge in [0.2, 0.25) is 0 Å². The smallest absolute Gasteiger partial charge is 0.255 e. The van der Waals surface area contributed by atoms with Crippen LogP contribution in [0.4, 0.5) is 0 Å². The maximum Gasteiger partial charge on any atom is 0.255 e. The molecule has 0 N–H and O–H groups in total. The van der Waals surface area contributed by atoms with E-state index in [2.05, 4.69) is 38.5 Å². The third-order valence-electron chi connectivity index (χ3n) is 4.54. The fourth-order valence-electron chi connectivity index (χ4n) is 3.53. The van der Waals surface area contributed by atoms with Crippen LogP contribution >= 0.6 is 38.5 Å². The molecule has 3 rings (SSSR count). The van der Waals surface area contributed by atoms with Crippen LogP contribution in [0, 0.1) is 9.49 Å². The van der Waals surface area contributed by atoms with E-state index in [1.165, 1.54) is 0 Å². The maximum absolute atomic E-state index is 12.9. The second kappa shape index (κ2) is 6.36. The predicted molar refractivity (Wildman–Crippen MR) is 93.3 cm³/mol. The van der Waals surface area contributed by atoms with Crippen LogP contribution in [0.25, 0.3) is 0 Å². The van der Waals surface area contributed by atoms with Crippen LogP contribution in [0.2, 0.25) is 0 Å². The molecule has 3 nitrogen and oxygen atoms in total. The molecule has 1 saturated carbocycles. The normalized spacial score (nSPS) is 25.6. The summed E-state index contributed by atoms with van der Waals surface area (Å²) in [5, 5.41) is 0. The number of rotatable bonds is 2. The lowest BCUT2D eigenvalue weighted by molar-refractivity contribution is -0.121. The molecule has 1 aromatic carbocycles. The van der Waals surface area contributed by atoms with Crippen LogP contribution in [-0.4, -0.2) is 29.2 Å². The third kappa shape index (κ3) is 3.04. The van der Waals surface area contributed by atoms with E-state index in [0.717, 1.165) is 40.3 Å². The van der Waals surface area contributed by atoms with Crippen molar-refractivity contribution in [1.82, 2.24) is 4.90 Å².